The van der Waals surface area contributed by atoms with E-state index >= 15 is 0 Å². The monoisotopic (exact) mass is 352 g/mol. The van der Waals surface area contributed by atoms with E-state index in [1.807, 2.05) is 0 Å². The number of aryl methyl sites for hydroxylation is 1. The molecule has 1 amide bonds. The van der Waals surface area contributed by atoms with Crippen LogP contribution in [0.15, 0.2) is 53.4 Å². The first kappa shape index (κ1) is 17.5. The van der Waals surface area contributed by atoms with Gasteiger partial charge in [0.05, 0.1) is 15.5 Å². The number of amides is 1. The van der Waals surface area contributed by atoms with E-state index in [4.69, 9.17) is 11.6 Å². The number of hydrogen-bond acceptors (Lipinski definition) is 3. The molecular weight excluding hydrogens is 336 g/mol. The van der Waals surface area contributed by atoms with Crippen molar-refractivity contribution < 1.29 is 13.2 Å². The summed E-state index contributed by atoms with van der Waals surface area (Å²) in [5, 5.41) is 0.244. The summed E-state index contributed by atoms with van der Waals surface area (Å²) in [6.45, 7) is 2.05. The Morgan fingerprint density at radius 1 is 1.09 bits per heavy atom. The van der Waals surface area contributed by atoms with Crippen molar-refractivity contribution in [1.29, 1.82) is 0 Å². The molecule has 0 bridgehead atoms. The fraction of sp³-hybridized carbons (Fsp3) is 0.188. The van der Waals surface area contributed by atoms with Crippen LogP contribution in [0.4, 0.5) is 0 Å². The summed E-state index contributed by atoms with van der Waals surface area (Å²) in [7, 11) is -3.83. The van der Waals surface area contributed by atoms with Crippen LogP contribution < -0.4 is 10.3 Å². The third kappa shape index (κ3) is 4.54. The number of hydrogen-bond donors (Lipinski definition) is 2. The Hall–Kier alpha value is -1.89. The maximum Gasteiger partial charge on any atom is 0.267 e. The quantitative estimate of drug-likeness (QED) is 0.785. The second-order valence-corrected chi connectivity index (χ2v) is 7.02. The summed E-state index contributed by atoms with van der Waals surface area (Å²) >= 11 is 5.90. The van der Waals surface area contributed by atoms with Crippen molar-refractivity contribution in [3.63, 3.8) is 0 Å². The first-order chi connectivity index (χ1) is 10.9. The smallest absolute Gasteiger partial charge is 0.267 e. The third-order valence-corrected chi connectivity index (χ3v) is 4.78. The van der Waals surface area contributed by atoms with Crippen molar-refractivity contribution in [2.45, 2.75) is 24.7 Å². The lowest BCUT2D eigenvalue weighted by Crippen LogP contribution is -2.41. The fourth-order valence-corrected chi connectivity index (χ4v) is 3.07. The zero-order valence-corrected chi connectivity index (χ0v) is 14.1. The van der Waals surface area contributed by atoms with E-state index in [-0.39, 0.29) is 15.5 Å². The standard InChI is InChI=1S/C16H17ClN2O3S/c1-2-5-12-8-10-13(11-9-12)23(21,22)19-18-16(20)14-6-3-4-7-15(14)17/h3-4,6-11,19H,2,5H2,1H3,(H,18,20). The second-order valence-electron chi connectivity index (χ2n) is 4.93. The van der Waals surface area contributed by atoms with Crippen LogP contribution in [0.25, 0.3) is 0 Å². The van der Waals surface area contributed by atoms with Crippen molar-refractivity contribution in [3.05, 3.63) is 64.7 Å². The first-order valence-corrected chi connectivity index (χ1v) is 8.96. The molecule has 2 N–H and O–H groups in total. The first-order valence-electron chi connectivity index (χ1n) is 7.09. The molecule has 0 aromatic heterocycles. The Balaban J connectivity index is 2.06. The third-order valence-electron chi connectivity index (χ3n) is 3.19. The summed E-state index contributed by atoms with van der Waals surface area (Å²) in [6, 6.07) is 12.9. The van der Waals surface area contributed by atoms with Gasteiger partial charge in [0, 0.05) is 0 Å². The molecule has 0 radical (unpaired) electrons. The van der Waals surface area contributed by atoms with Crippen molar-refractivity contribution in [2.75, 3.05) is 0 Å². The molecule has 0 aliphatic rings. The van der Waals surface area contributed by atoms with Gasteiger partial charge in [0.1, 0.15) is 0 Å². The summed E-state index contributed by atoms with van der Waals surface area (Å²) in [4.78, 5) is 14.1. The minimum atomic E-state index is -3.83. The van der Waals surface area contributed by atoms with Gasteiger partial charge in [-0.1, -0.05) is 49.2 Å². The minimum Gasteiger partial charge on any atom is -0.273 e. The van der Waals surface area contributed by atoms with Gasteiger partial charge in [-0.15, -0.1) is 4.83 Å². The molecule has 0 unspecified atom stereocenters. The molecule has 0 aliphatic heterocycles. The zero-order valence-electron chi connectivity index (χ0n) is 12.5. The number of hydrazine groups is 1. The lowest BCUT2D eigenvalue weighted by atomic mass is 10.1. The van der Waals surface area contributed by atoms with Crippen molar-refractivity contribution in [3.8, 4) is 0 Å². The number of benzene rings is 2. The highest BCUT2D eigenvalue weighted by Crippen LogP contribution is 2.15. The van der Waals surface area contributed by atoms with Gasteiger partial charge in [0.2, 0.25) is 0 Å². The van der Waals surface area contributed by atoms with Gasteiger partial charge in [-0.25, -0.2) is 8.42 Å². The largest absolute Gasteiger partial charge is 0.273 e. The number of sulfonamides is 1. The van der Waals surface area contributed by atoms with Crippen LogP contribution in [0.2, 0.25) is 5.02 Å². The van der Waals surface area contributed by atoms with Crippen LogP contribution >= 0.6 is 11.6 Å². The molecule has 2 rings (SSSR count). The van der Waals surface area contributed by atoms with Gasteiger partial charge in [-0.3, -0.25) is 10.2 Å². The predicted molar refractivity (Wildman–Crippen MR) is 89.7 cm³/mol. The van der Waals surface area contributed by atoms with E-state index in [2.05, 4.69) is 17.2 Å². The van der Waals surface area contributed by atoms with E-state index in [1.165, 1.54) is 18.2 Å². The maximum absolute atomic E-state index is 12.2. The molecule has 122 valence electrons. The minimum absolute atomic E-state index is 0.0804. The topological polar surface area (TPSA) is 75.3 Å². The van der Waals surface area contributed by atoms with Crippen molar-refractivity contribution in [2.24, 2.45) is 0 Å². The van der Waals surface area contributed by atoms with E-state index in [0.29, 0.717) is 0 Å². The molecule has 5 nitrogen and oxygen atoms in total. The highest BCUT2D eigenvalue weighted by Gasteiger charge is 2.16. The number of halogens is 1. The van der Waals surface area contributed by atoms with E-state index in [1.54, 1.807) is 30.3 Å². The Morgan fingerprint density at radius 3 is 2.35 bits per heavy atom. The number of carbonyl (C=O) groups is 1. The fourth-order valence-electron chi connectivity index (χ4n) is 2.01. The summed E-state index contributed by atoms with van der Waals surface area (Å²) < 4.78 is 24.3. The van der Waals surface area contributed by atoms with Crippen LogP contribution in [-0.2, 0) is 16.4 Å². The number of rotatable bonds is 6. The molecule has 2 aromatic rings. The Bertz CT molecular complexity index is 789. The van der Waals surface area contributed by atoms with E-state index < -0.39 is 15.9 Å². The molecule has 0 heterocycles. The van der Waals surface area contributed by atoms with Crippen LogP contribution in [0.1, 0.15) is 29.3 Å². The van der Waals surface area contributed by atoms with Crippen LogP contribution in [0, 0.1) is 0 Å². The molecule has 0 spiro atoms. The Kier molecular flexibility index (Phi) is 5.76. The lowest BCUT2D eigenvalue weighted by Gasteiger charge is -2.09. The molecule has 2 aromatic carbocycles. The molecular formula is C16H17ClN2O3S. The van der Waals surface area contributed by atoms with E-state index in [0.717, 1.165) is 18.4 Å². The van der Waals surface area contributed by atoms with Crippen LogP contribution in [-0.4, -0.2) is 14.3 Å². The molecule has 0 atom stereocenters. The van der Waals surface area contributed by atoms with Gasteiger partial charge in [0.25, 0.3) is 15.9 Å². The van der Waals surface area contributed by atoms with Gasteiger partial charge >= 0.3 is 0 Å². The number of nitrogens with one attached hydrogen (secondary N) is 2. The van der Waals surface area contributed by atoms with Crippen molar-refractivity contribution in [1.82, 2.24) is 10.3 Å². The van der Waals surface area contributed by atoms with Crippen molar-refractivity contribution >= 4 is 27.5 Å². The normalized spacial score (nSPS) is 11.2. The SMILES string of the molecule is CCCc1ccc(S(=O)(=O)NNC(=O)c2ccccc2Cl)cc1. The van der Waals surface area contributed by atoms with Crippen LogP contribution in [0.5, 0.6) is 0 Å². The molecule has 0 saturated carbocycles. The highest BCUT2D eigenvalue weighted by atomic mass is 35.5. The zero-order chi connectivity index (χ0) is 16.9. The molecule has 0 aliphatic carbocycles. The Labute approximate surface area is 140 Å². The summed E-state index contributed by atoms with van der Waals surface area (Å²) in [5.41, 5.74) is 3.41. The average Bonchev–Trinajstić information content (AvgIpc) is 2.54. The van der Waals surface area contributed by atoms with Gasteiger partial charge < -0.3 is 0 Å². The van der Waals surface area contributed by atoms with Crippen LogP contribution in [0.3, 0.4) is 0 Å². The van der Waals surface area contributed by atoms with E-state index in [9.17, 15) is 13.2 Å². The molecule has 0 fully saturated rings. The summed E-state index contributed by atoms with van der Waals surface area (Å²) in [6.07, 6.45) is 1.87. The van der Waals surface area contributed by atoms with Gasteiger partial charge in [-0.2, -0.15) is 0 Å². The molecule has 23 heavy (non-hydrogen) atoms. The predicted octanol–water partition coefficient (Wildman–Crippen LogP) is 2.92. The highest BCUT2D eigenvalue weighted by molar-refractivity contribution is 7.89. The lowest BCUT2D eigenvalue weighted by molar-refractivity contribution is 0.0945. The van der Waals surface area contributed by atoms with Gasteiger partial charge in [0.15, 0.2) is 0 Å². The summed E-state index contributed by atoms with van der Waals surface area (Å²) in [5.74, 6) is -0.623. The second kappa shape index (κ2) is 7.59. The van der Waals surface area contributed by atoms with Gasteiger partial charge in [-0.05, 0) is 36.2 Å². The maximum atomic E-state index is 12.2. The number of carbonyl (C=O) groups excluding carboxylic acids is 1. The Morgan fingerprint density at radius 2 is 1.74 bits per heavy atom. The average molecular weight is 353 g/mol. The molecule has 0 saturated heterocycles. The molecule has 7 heteroatoms.